The lowest BCUT2D eigenvalue weighted by molar-refractivity contribution is 0.0995. The van der Waals surface area contributed by atoms with Gasteiger partial charge in [-0.3, -0.25) is 4.79 Å². The molecule has 3 N–H and O–H groups in total. The summed E-state index contributed by atoms with van der Waals surface area (Å²) < 4.78 is 4.07. The minimum absolute atomic E-state index is 0.160. The Bertz CT molecular complexity index is 1450. The van der Waals surface area contributed by atoms with E-state index in [2.05, 4.69) is 64.2 Å². The van der Waals surface area contributed by atoms with Gasteiger partial charge >= 0.3 is 0 Å². The Morgan fingerprint density at radius 1 is 1.08 bits per heavy atom. The average Bonchev–Trinajstić information content (AvgIpc) is 3.65. The van der Waals surface area contributed by atoms with E-state index in [1.807, 2.05) is 13.0 Å². The van der Waals surface area contributed by atoms with Crippen molar-refractivity contribution in [2.75, 3.05) is 26.7 Å². The van der Waals surface area contributed by atoms with Gasteiger partial charge in [0.1, 0.15) is 0 Å². The van der Waals surface area contributed by atoms with Crippen molar-refractivity contribution in [2.24, 2.45) is 17.6 Å². The zero-order valence-corrected chi connectivity index (χ0v) is 22.3. The molecule has 1 aliphatic carbocycles. The number of nitrogens with zero attached hydrogens (tertiary/aromatic N) is 4. The Morgan fingerprint density at radius 2 is 1.82 bits per heavy atom. The molecule has 7 nitrogen and oxygen atoms in total. The number of primary amides is 1. The SMILES string of the molecule is Cc1cc(C(N)=O)nn1-c1ccc2c(c1)c(CCCO)cn2Cc1ccc([C@H]2C[C@@H]3CN(C)C[C@@H]3C2)cc1. The first kappa shape index (κ1) is 24.9. The van der Waals surface area contributed by atoms with Crippen LogP contribution in [0, 0.1) is 18.8 Å². The molecule has 1 saturated carbocycles. The summed E-state index contributed by atoms with van der Waals surface area (Å²) in [5.74, 6) is 1.90. The van der Waals surface area contributed by atoms with Crippen LogP contribution in [0.25, 0.3) is 16.6 Å². The number of rotatable bonds is 8. The van der Waals surface area contributed by atoms with E-state index in [1.165, 1.54) is 42.6 Å². The summed E-state index contributed by atoms with van der Waals surface area (Å²) in [6.07, 6.45) is 6.38. The molecule has 2 fully saturated rings. The molecule has 0 spiro atoms. The van der Waals surface area contributed by atoms with Gasteiger partial charge in [-0.15, -0.1) is 0 Å². The van der Waals surface area contributed by atoms with Crippen molar-refractivity contribution in [3.63, 3.8) is 0 Å². The van der Waals surface area contributed by atoms with E-state index in [0.29, 0.717) is 12.3 Å². The van der Waals surface area contributed by atoms with Crippen molar-refractivity contribution < 1.29 is 9.90 Å². The van der Waals surface area contributed by atoms with Gasteiger partial charge in [-0.2, -0.15) is 5.10 Å². The normalized spacial score (nSPS) is 21.4. The third-order valence-corrected chi connectivity index (χ3v) is 8.67. The van der Waals surface area contributed by atoms with E-state index in [4.69, 9.17) is 5.73 Å². The van der Waals surface area contributed by atoms with Crippen molar-refractivity contribution in [1.29, 1.82) is 0 Å². The molecule has 198 valence electrons. The summed E-state index contributed by atoms with van der Waals surface area (Å²) >= 11 is 0. The summed E-state index contributed by atoms with van der Waals surface area (Å²) in [6.45, 7) is 5.39. The van der Waals surface area contributed by atoms with Crippen LogP contribution in [-0.2, 0) is 13.0 Å². The van der Waals surface area contributed by atoms with Crippen molar-refractivity contribution in [3.8, 4) is 5.69 Å². The van der Waals surface area contributed by atoms with Gasteiger partial charge in [-0.05, 0) is 98.4 Å². The molecule has 3 heterocycles. The molecular formula is C31H37N5O2. The van der Waals surface area contributed by atoms with E-state index in [0.717, 1.165) is 47.1 Å². The molecule has 1 saturated heterocycles. The number of carbonyl (C=O) groups is 1. The Morgan fingerprint density at radius 3 is 2.47 bits per heavy atom. The number of fused-ring (bicyclic) bond motifs is 2. The largest absolute Gasteiger partial charge is 0.396 e. The van der Waals surface area contributed by atoms with Crippen LogP contribution >= 0.6 is 0 Å². The number of aromatic nitrogens is 3. The molecule has 7 heteroatoms. The summed E-state index contributed by atoms with van der Waals surface area (Å²) in [4.78, 5) is 14.1. The average molecular weight is 512 g/mol. The highest BCUT2D eigenvalue weighted by atomic mass is 16.2. The Balaban J connectivity index is 1.26. The van der Waals surface area contributed by atoms with E-state index in [-0.39, 0.29) is 12.3 Å². The highest BCUT2D eigenvalue weighted by Crippen LogP contribution is 2.45. The number of benzene rings is 2. The summed E-state index contributed by atoms with van der Waals surface area (Å²) in [6, 6.07) is 17.3. The molecule has 38 heavy (non-hydrogen) atoms. The van der Waals surface area contributed by atoms with E-state index in [1.54, 1.807) is 10.7 Å². The molecule has 4 aromatic rings. The standard InChI is InChI=1S/C31H37N5O2/c1-20-12-29(31(32)38)33-36(20)27-9-10-30-28(15-27)23(4-3-11-37)19-35(30)16-21-5-7-22(8-6-21)24-13-25-17-34(2)18-26(25)14-24/h5-10,12,15,19,24-26,37H,3-4,11,13-14,16-18H2,1-2H3,(H2,32,38)/t24-,25+,26-. The van der Waals surface area contributed by atoms with Crippen molar-refractivity contribution in [2.45, 2.75) is 45.1 Å². The van der Waals surface area contributed by atoms with Gasteiger partial charge in [0.05, 0.1) is 5.69 Å². The smallest absolute Gasteiger partial charge is 0.269 e. The summed E-state index contributed by atoms with van der Waals surface area (Å²) in [5.41, 5.74) is 12.6. The molecule has 3 atom stereocenters. The van der Waals surface area contributed by atoms with Crippen molar-refractivity contribution in [3.05, 3.63) is 82.8 Å². The van der Waals surface area contributed by atoms with Crippen LogP contribution < -0.4 is 5.73 Å². The fourth-order valence-electron chi connectivity index (χ4n) is 6.84. The van der Waals surface area contributed by atoms with Crippen LogP contribution in [0.2, 0.25) is 0 Å². The minimum atomic E-state index is -0.530. The van der Waals surface area contributed by atoms with Gasteiger partial charge in [0.2, 0.25) is 0 Å². The number of aliphatic hydroxyl groups is 1. The molecule has 1 amide bonds. The number of hydrogen-bond donors (Lipinski definition) is 2. The van der Waals surface area contributed by atoms with E-state index in [9.17, 15) is 9.90 Å². The fraction of sp³-hybridized carbons (Fsp3) is 0.419. The molecular weight excluding hydrogens is 474 g/mol. The van der Waals surface area contributed by atoms with Gasteiger partial charge in [0, 0.05) is 49.0 Å². The lowest BCUT2D eigenvalue weighted by Crippen LogP contribution is -2.16. The molecule has 1 aliphatic heterocycles. The zero-order chi connectivity index (χ0) is 26.4. The molecule has 0 radical (unpaired) electrons. The van der Waals surface area contributed by atoms with Crippen molar-refractivity contribution in [1.82, 2.24) is 19.2 Å². The molecule has 0 unspecified atom stereocenters. The number of amides is 1. The van der Waals surface area contributed by atoms with Gasteiger partial charge < -0.3 is 20.3 Å². The molecule has 2 aromatic heterocycles. The van der Waals surface area contributed by atoms with Crippen LogP contribution in [-0.4, -0.2) is 57.0 Å². The van der Waals surface area contributed by atoms with Gasteiger partial charge in [-0.25, -0.2) is 4.68 Å². The summed E-state index contributed by atoms with van der Waals surface area (Å²) in [5, 5.41) is 15.0. The summed E-state index contributed by atoms with van der Waals surface area (Å²) in [7, 11) is 2.25. The quantitative estimate of drug-likeness (QED) is 0.370. The molecule has 2 aromatic carbocycles. The predicted octanol–water partition coefficient (Wildman–Crippen LogP) is 4.26. The maximum atomic E-state index is 11.6. The first-order valence-electron chi connectivity index (χ1n) is 13.8. The lowest BCUT2D eigenvalue weighted by Gasteiger charge is -2.15. The Hall–Kier alpha value is -3.42. The number of aryl methyl sites for hydroxylation is 2. The zero-order valence-electron chi connectivity index (χ0n) is 22.3. The fourth-order valence-corrected chi connectivity index (χ4v) is 6.84. The van der Waals surface area contributed by atoms with Crippen LogP contribution in [0.1, 0.15) is 58.1 Å². The van der Waals surface area contributed by atoms with Gasteiger partial charge in [0.15, 0.2) is 5.69 Å². The van der Waals surface area contributed by atoms with Crippen molar-refractivity contribution >= 4 is 16.8 Å². The molecule has 2 aliphatic rings. The van der Waals surface area contributed by atoms with E-state index < -0.39 is 5.91 Å². The Kier molecular flexibility index (Phi) is 6.58. The van der Waals surface area contributed by atoms with E-state index >= 15 is 0 Å². The third-order valence-electron chi connectivity index (χ3n) is 8.67. The number of nitrogens with two attached hydrogens (primary N) is 1. The number of hydrogen-bond acceptors (Lipinski definition) is 4. The molecule has 0 bridgehead atoms. The first-order valence-corrected chi connectivity index (χ1v) is 13.8. The maximum Gasteiger partial charge on any atom is 0.269 e. The number of carbonyl (C=O) groups excluding carboxylic acids is 1. The van der Waals surface area contributed by atoms with Gasteiger partial charge in [-0.1, -0.05) is 24.3 Å². The second-order valence-electron chi connectivity index (χ2n) is 11.4. The monoisotopic (exact) mass is 511 g/mol. The maximum absolute atomic E-state index is 11.6. The van der Waals surface area contributed by atoms with Crippen LogP contribution in [0.15, 0.2) is 54.7 Å². The molecule has 6 rings (SSSR count). The minimum Gasteiger partial charge on any atom is -0.396 e. The van der Waals surface area contributed by atoms with Crippen LogP contribution in [0.5, 0.6) is 0 Å². The van der Waals surface area contributed by atoms with Gasteiger partial charge in [0.25, 0.3) is 5.91 Å². The van der Waals surface area contributed by atoms with Crippen LogP contribution in [0.3, 0.4) is 0 Å². The van der Waals surface area contributed by atoms with Crippen LogP contribution in [0.4, 0.5) is 0 Å². The highest BCUT2D eigenvalue weighted by molar-refractivity contribution is 5.91. The lowest BCUT2D eigenvalue weighted by atomic mass is 9.95. The number of likely N-dealkylation sites (tertiary alicyclic amines) is 1. The number of aliphatic hydroxyl groups excluding tert-OH is 1. The first-order chi connectivity index (χ1) is 18.4. The Labute approximate surface area is 223 Å². The topological polar surface area (TPSA) is 89.3 Å². The second-order valence-corrected chi connectivity index (χ2v) is 11.4. The third kappa shape index (κ3) is 4.65. The second kappa shape index (κ2) is 10.0. The highest BCUT2D eigenvalue weighted by Gasteiger charge is 2.39. The predicted molar refractivity (Wildman–Crippen MR) is 150 cm³/mol.